The van der Waals surface area contributed by atoms with Gasteiger partial charge in [0.15, 0.2) is 16.7 Å². The lowest BCUT2D eigenvalue weighted by Crippen LogP contribution is -2.13. The van der Waals surface area contributed by atoms with Crippen LogP contribution < -0.4 is 10.1 Å². The Morgan fingerprint density at radius 1 is 1.16 bits per heavy atom. The van der Waals surface area contributed by atoms with E-state index in [0.29, 0.717) is 12.5 Å². The van der Waals surface area contributed by atoms with Crippen LogP contribution in [0.25, 0.3) is 17.3 Å². The molecule has 2 N–H and O–H groups in total. The summed E-state index contributed by atoms with van der Waals surface area (Å²) >= 11 is 1.03. The Balaban J connectivity index is 1.43. The quantitative estimate of drug-likeness (QED) is 0.276. The van der Waals surface area contributed by atoms with Gasteiger partial charge in [0.1, 0.15) is 11.6 Å². The maximum Gasteiger partial charge on any atom is 0.331 e. The van der Waals surface area contributed by atoms with Crippen LogP contribution in [0.3, 0.4) is 0 Å². The predicted octanol–water partition coefficient (Wildman–Crippen LogP) is 7.32. The maximum absolute atomic E-state index is 15.2. The van der Waals surface area contributed by atoms with E-state index in [2.05, 4.69) is 10.3 Å². The largest absolute Gasteiger partial charge is 0.490 e. The van der Waals surface area contributed by atoms with Crippen molar-refractivity contribution < 1.29 is 32.6 Å². The van der Waals surface area contributed by atoms with E-state index in [1.807, 2.05) is 0 Å². The highest BCUT2D eigenvalue weighted by Crippen LogP contribution is 2.32. The molecule has 10 heteroatoms. The average molecular weight is 545 g/mol. The van der Waals surface area contributed by atoms with Gasteiger partial charge in [0, 0.05) is 27.6 Å². The first-order chi connectivity index (χ1) is 18.2. The van der Waals surface area contributed by atoms with Crippen molar-refractivity contribution in [2.45, 2.75) is 45.4 Å². The number of anilines is 1. The molecule has 1 aliphatic carbocycles. The number of ether oxygens (including phenoxy) is 1. The minimum absolute atomic E-state index is 0.111. The number of hydrogen-bond acceptors (Lipinski definition) is 5. The molecule has 1 fully saturated rings. The van der Waals surface area contributed by atoms with Crippen molar-refractivity contribution in [3.05, 3.63) is 69.9 Å². The Bertz CT molecular complexity index is 1340. The molecule has 1 aromatic heterocycles. The second-order valence-electron chi connectivity index (χ2n) is 9.24. The minimum Gasteiger partial charge on any atom is -0.490 e. The van der Waals surface area contributed by atoms with Crippen LogP contribution in [0.15, 0.2) is 41.3 Å². The summed E-state index contributed by atoms with van der Waals surface area (Å²) in [5.74, 6) is -4.12. The zero-order valence-electron chi connectivity index (χ0n) is 20.7. The van der Waals surface area contributed by atoms with Crippen LogP contribution in [0.2, 0.25) is 0 Å². The van der Waals surface area contributed by atoms with Gasteiger partial charge in [-0.05, 0) is 49.6 Å². The van der Waals surface area contributed by atoms with Crippen LogP contribution in [-0.4, -0.2) is 28.6 Å². The van der Waals surface area contributed by atoms with E-state index < -0.39 is 34.9 Å². The summed E-state index contributed by atoms with van der Waals surface area (Å²) in [6, 6.07) is 6.40. The molecule has 1 amide bonds. The highest BCUT2D eigenvalue weighted by molar-refractivity contribution is 7.14. The van der Waals surface area contributed by atoms with Gasteiger partial charge < -0.3 is 9.84 Å². The van der Waals surface area contributed by atoms with Crippen molar-refractivity contribution in [2.75, 3.05) is 11.9 Å². The van der Waals surface area contributed by atoms with Crippen molar-refractivity contribution >= 4 is 34.4 Å². The van der Waals surface area contributed by atoms with Crippen LogP contribution in [0.1, 0.15) is 61.4 Å². The number of thiazole rings is 1. The molecule has 0 spiro atoms. The third-order valence-electron chi connectivity index (χ3n) is 6.51. The molecule has 2 aromatic carbocycles. The SMILES string of the molecule is CC(=Cc1c(F)cc(C(=O)Nc2nc(-c3cccc(OCCC4CCCCC4)c3F)cs2)cc1F)C(=O)O. The van der Waals surface area contributed by atoms with Gasteiger partial charge >= 0.3 is 5.97 Å². The number of aliphatic carboxylic acids is 1. The van der Waals surface area contributed by atoms with Crippen LogP contribution in [0.5, 0.6) is 5.75 Å². The van der Waals surface area contributed by atoms with Gasteiger partial charge in [-0.2, -0.15) is 0 Å². The number of aromatic nitrogens is 1. The number of carbonyl (C=O) groups is 2. The molecule has 0 aliphatic heterocycles. The number of benzene rings is 2. The van der Waals surface area contributed by atoms with E-state index >= 15 is 4.39 Å². The van der Waals surface area contributed by atoms with Crippen molar-refractivity contribution in [3.63, 3.8) is 0 Å². The summed E-state index contributed by atoms with van der Waals surface area (Å²) in [6.07, 6.45) is 7.84. The molecule has 1 saturated carbocycles. The van der Waals surface area contributed by atoms with Crippen LogP contribution in [-0.2, 0) is 4.79 Å². The Labute approximate surface area is 222 Å². The fourth-order valence-corrected chi connectivity index (χ4v) is 5.09. The summed E-state index contributed by atoms with van der Waals surface area (Å²) in [7, 11) is 0. The Morgan fingerprint density at radius 3 is 2.55 bits per heavy atom. The molecule has 1 heterocycles. The van der Waals surface area contributed by atoms with Gasteiger partial charge in [-0.25, -0.2) is 22.9 Å². The Hall–Kier alpha value is -3.66. The van der Waals surface area contributed by atoms with Gasteiger partial charge in [-0.1, -0.05) is 38.2 Å². The number of carbonyl (C=O) groups excluding carboxylic acids is 1. The Morgan fingerprint density at radius 2 is 1.87 bits per heavy atom. The van der Waals surface area contributed by atoms with E-state index in [9.17, 15) is 18.4 Å². The Kier molecular flexibility index (Phi) is 8.83. The second-order valence-corrected chi connectivity index (χ2v) is 10.1. The lowest BCUT2D eigenvalue weighted by atomic mass is 9.87. The van der Waals surface area contributed by atoms with Crippen molar-refractivity contribution in [1.29, 1.82) is 0 Å². The van der Waals surface area contributed by atoms with E-state index in [1.54, 1.807) is 23.6 Å². The topological polar surface area (TPSA) is 88.5 Å². The molecule has 6 nitrogen and oxygen atoms in total. The summed E-state index contributed by atoms with van der Waals surface area (Å²) in [4.78, 5) is 27.8. The fraction of sp³-hybridized carbons (Fsp3) is 0.321. The molecule has 0 bridgehead atoms. The lowest BCUT2D eigenvalue weighted by Gasteiger charge is -2.21. The van der Waals surface area contributed by atoms with Gasteiger partial charge in [-0.3, -0.25) is 10.1 Å². The average Bonchev–Trinajstić information content (AvgIpc) is 3.35. The normalized spacial score (nSPS) is 14.4. The number of halogens is 3. The van der Waals surface area contributed by atoms with Gasteiger partial charge in [-0.15, -0.1) is 11.3 Å². The van der Waals surface area contributed by atoms with Crippen LogP contribution in [0.4, 0.5) is 18.3 Å². The fourth-order valence-electron chi connectivity index (χ4n) is 4.39. The predicted molar refractivity (Wildman–Crippen MR) is 140 cm³/mol. The first-order valence-electron chi connectivity index (χ1n) is 12.3. The van der Waals surface area contributed by atoms with Crippen molar-refractivity contribution in [3.8, 4) is 17.0 Å². The third kappa shape index (κ3) is 6.61. The van der Waals surface area contributed by atoms with E-state index in [0.717, 1.165) is 36.0 Å². The molecule has 4 rings (SSSR count). The molecule has 200 valence electrons. The van der Waals surface area contributed by atoms with Crippen LogP contribution >= 0.6 is 11.3 Å². The molecule has 3 aromatic rings. The number of nitrogens with zero attached hydrogens (tertiary/aromatic N) is 1. The smallest absolute Gasteiger partial charge is 0.331 e. The maximum atomic E-state index is 15.2. The van der Waals surface area contributed by atoms with Crippen molar-refractivity contribution in [2.24, 2.45) is 5.92 Å². The zero-order chi connectivity index (χ0) is 27.2. The molecule has 0 radical (unpaired) electrons. The first kappa shape index (κ1) is 27.4. The molecule has 38 heavy (non-hydrogen) atoms. The highest BCUT2D eigenvalue weighted by atomic mass is 32.1. The molecule has 0 saturated heterocycles. The lowest BCUT2D eigenvalue weighted by molar-refractivity contribution is -0.132. The first-order valence-corrected chi connectivity index (χ1v) is 13.2. The number of rotatable bonds is 9. The van der Waals surface area contributed by atoms with Crippen LogP contribution in [0, 0.1) is 23.4 Å². The standard InChI is InChI=1S/C28H27F3N2O4S/c1-16(27(35)36)12-20-21(29)13-18(14-22(20)30)26(34)33-28-32-23(15-38-28)19-8-5-9-24(25(19)31)37-11-10-17-6-3-2-4-7-17/h5,8-9,12-15,17H,2-4,6-7,10-11H2,1H3,(H,35,36)(H,32,33,34). The van der Waals surface area contributed by atoms with E-state index in [1.165, 1.54) is 39.0 Å². The summed E-state index contributed by atoms with van der Waals surface area (Å²) in [6.45, 7) is 1.63. The molecular formula is C28H27F3N2O4S. The van der Waals surface area contributed by atoms with Crippen molar-refractivity contribution in [1.82, 2.24) is 4.98 Å². The third-order valence-corrected chi connectivity index (χ3v) is 7.27. The molecule has 1 aliphatic rings. The van der Waals surface area contributed by atoms with Gasteiger partial charge in [0.25, 0.3) is 5.91 Å². The summed E-state index contributed by atoms with van der Waals surface area (Å²) < 4.78 is 49.7. The summed E-state index contributed by atoms with van der Waals surface area (Å²) in [5.41, 5.74) is -0.654. The number of nitrogens with one attached hydrogen (secondary N) is 1. The number of amides is 1. The summed E-state index contributed by atoms with van der Waals surface area (Å²) in [5, 5.41) is 13.1. The number of hydrogen-bond donors (Lipinski definition) is 2. The molecule has 0 unspecified atom stereocenters. The zero-order valence-corrected chi connectivity index (χ0v) is 21.5. The van der Waals surface area contributed by atoms with E-state index in [-0.39, 0.29) is 33.3 Å². The molecule has 0 atom stereocenters. The van der Waals surface area contributed by atoms with Gasteiger partial charge in [0.2, 0.25) is 0 Å². The minimum atomic E-state index is -1.32. The monoisotopic (exact) mass is 544 g/mol. The van der Waals surface area contributed by atoms with Gasteiger partial charge in [0.05, 0.1) is 12.3 Å². The number of carboxylic acid groups (broad SMARTS) is 1. The number of carboxylic acids is 1. The van der Waals surface area contributed by atoms with E-state index in [4.69, 9.17) is 9.84 Å². The molecular weight excluding hydrogens is 517 g/mol. The highest BCUT2D eigenvalue weighted by Gasteiger charge is 2.19. The second kappa shape index (κ2) is 12.3.